The lowest BCUT2D eigenvalue weighted by molar-refractivity contribution is -0.157. The number of benzene rings is 2. The molecule has 0 fully saturated rings. The molecule has 28 heavy (non-hydrogen) atoms. The Hall–Kier alpha value is -3.02. The van der Waals surface area contributed by atoms with E-state index in [0.717, 1.165) is 5.56 Å². The van der Waals surface area contributed by atoms with Crippen LogP contribution in [0.1, 0.15) is 33.3 Å². The summed E-state index contributed by atoms with van der Waals surface area (Å²) in [5.41, 5.74) is 0.689. The maximum atomic E-state index is 11.9. The zero-order valence-electron chi connectivity index (χ0n) is 16.7. The Balaban J connectivity index is 1.74. The highest BCUT2D eigenvalue weighted by molar-refractivity contribution is 5.84. The highest BCUT2D eigenvalue weighted by Gasteiger charge is 2.22. The molecule has 0 bridgehead atoms. The van der Waals surface area contributed by atoms with E-state index < -0.39 is 17.6 Å². The molecule has 0 spiro atoms. The van der Waals surface area contributed by atoms with Crippen LogP contribution < -0.4 is 14.8 Å². The highest BCUT2D eigenvalue weighted by Crippen LogP contribution is 2.18. The molecule has 0 aliphatic rings. The summed E-state index contributed by atoms with van der Waals surface area (Å²) in [7, 11) is 0. The summed E-state index contributed by atoms with van der Waals surface area (Å²) < 4.78 is 16.2. The van der Waals surface area contributed by atoms with E-state index in [0.29, 0.717) is 18.1 Å². The molecular weight excluding hydrogens is 358 g/mol. The number of ether oxygens (including phenoxy) is 3. The molecule has 0 aliphatic heterocycles. The SMILES string of the molecule is C[C@H](OC(=O)COc1ccc(OCc2ccccc2)cc1)C(=O)NC(C)(C)C. The zero-order valence-corrected chi connectivity index (χ0v) is 16.7. The Morgan fingerprint density at radius 2 is 1.50 bits per heavy atom. The number of carbonyl (C=O) groups is 2. The molecule has 1 N–H and O–H groups in total. The van der Waals surface area contributed by atoms with Crippen LogP contribution in [0.5, 0.6) is 11.5 Å². The number of nitrogens with one attached hydrogen (secondary N) is 1. The number of hydrogen-bond acceptors (Lipinski definition) is 5. The summed E-state index contributed by atoms with van der Waals surface area (Å²) in [5, 5.41) is 2.76. The summed E-state index contributed by atoms with van der Waals surface area (Å²) in [4.78, 5) is 23.8. The molecular formula is C22H27NO5. The lowest BCUT2D eigenvalue weighted by Gasteiger charge is -2.23. The van der Waals surface area contributed by atoms with E-state index in [1.807, 2.05) is 51.1 Å². The second-order valence-electron chi connectivity index (χ2n) is 7.41. The van der Waals surface area contributed by atoms with Crippen LogP contribution in [0.15, 0.2) is 54.6 Å². The molecule has 6 heteroatoms. The Kier molecular flexibility index (Phi) is 7.44. The van der Waals surface area contributed by atoms with Crippen molar-refractivity contribution in [3.05, 3.63) is 60.2 Å². The molecule has 2 rings (SSSR count). The van der Waals surface area contributed by atoms with E-state index in [9.17, 15) is 9.59 Å². The topological polar surface area (TPSA) is 73.9 Å². The lowest BCUT2D eigenvalue weighted by Crippen LogP contribution is -2.46. The number of carbonyl (C=O) groups excluding carboxylic acids is 2. The Morgan fingerprint density at radius 1 is 0.929 bits per heavy atom. The van der Waals surface area contributed by atoms with Gasteiger partial charge in [-0.1, -0.05) is 30.3 Å². The van der Waals surface area contributed by atoms with Crippen molar-refractivity contribution in [1.29, 1.82) is 0 Å². The second kappa shape index (κ2) is 9.78. The molecule has 150 valence electrons. The minimum absolute atomic E-state index is 0.280. The van der Waals surface area contributed by atoms with Gasteiger partial charge in [0.1, 0.15) is 18.1 Å². The average molecular weight is 385 g/mol. The molecule has 1 amide bonds. The predicted molar refractivity (Wildman–Crippen MR) is 106 cm³/mol. The van der Waals surface area contributed by atoms with Crippen molar-refractivity contribution in [2.75, 3.05) is 6.61 Å². The van der Waals surface area contributed by atoms with Gasteiger partial charge in [0.05, 0.1) is 0 Å². The van der Waals surface area contributed by atoms with E-state index in [2.05, 4.69) is 5.32 Å². The van der Waals surface area contributed by atoms with Crippen molar-refractivity contribution < 1.29 is 23.8 Å². The van der Waals surface area contributed by atoms with E-state index in [4.69, 9.17) is 14.2 Å². The van der Waals surface area contributed by atoms with Crippen LogP contribution in [0.2, 0.25) is 0 Å². The Morgan fingerprint density at radius 3 is 2.07 bits per heavy atom. The summed E-state index contributed by atoms with van der Waals surface area (Å²) in [6.45, 7) is 7.29. The smallest absolute Gasteiger partial charge is 0.344 e. The van der Waals surface area contributed by atoms with Crippen LogP contribution in [0, 0.1) is 0 Å². The van der Waals surface area contributed by atoms with Gasteiger partial charge in [-0.25, -0.2) is 4.79 Å². The molecule has 0 saturated carbocycles. The molecule has 0 saturated heterocycles. The maximum Gasteiger partial charge on any atom is 0.344 e. The maximum absolute atomic E-state index is 11.9. The first kappa shape index (κ1) is 21.3. The molecule has 0 aromatic heterocycles. The third-order valence-corrected chi connectivity index (χ3v) is 3.60. The number of amides is 1. The van der Waals surface area contributed by atoms with E-state index in [-0.39, 0.29) is 12.5 Å². The molecule has 0 unspecified atom stereocenters. The van der Waals surface area contributed by atoms with Gasteiger partial charge in [0.2, 0.25) is 0 Å². The summed E-state index contributed by atoms with van der Waals surface area (Å²) in [6, 6.07) is 16.8. The number of esters is 1. The molecule has 2 aromatic carbocycles. The van der Waals surface area contributed by atoms with Crippen molar-refractivity contribution in [2.24, 2.45) is 0 Å². The van der Waals surface area contributed by atoms with Crippen LogP contribution >= 0.6 is 0 Å². The summed E-state index contributed by atoms with van der Waals surface area (Å²) in [5.74, 6) is 0.254. The summed E-state index contributed by atoms with van der Waals surface area (Å²) >= 11 is 0. The normalized spacial score (nSPS) is 12.0. The Labute approximate surface area is 165 Å². The fraction of sp³-hybridized carbons (Fsp3) is 0.364. The van der Waals surface area contributed by atoms with Gasteiger partial charge in [0, 0.05) is 5.54 Å². The molecule has 0 heterocycles. The van der Waals surface area contributed by atoms with Gasteiger partial charge in [-0.15, -0.1) is 0 Å². The second-order valence-corrected chi connectivity index (χ2v) is 7.41. The molecule has 1 atom stereocenters. The van der Waals surface area contributed by atoms with Crippen molar-refractivity contribution in [3.63, 3.8) is 0 Å². The molecule has 0 radical (unpaired) electrons. The van der Waals surface area contributed by atoms with Crippen LogP contribution in [0.3, 0.4) is 0 Å². The first-order valence-corrected chi connectivity index (χ1v) is 9.14. The van der Waals surface area contributed by atoms with E-state index in [1.165, 1.54) is 6.92 Å². The van der Waals surface area contributed by atoms with Gasteiger partial charge in [-0.05, 0) is 57.5 Å². The quantitative estimate of drug-likeness (QED) is 0.704. The minimum Gasteiger partial charge on any atom is -0.489 e. The van der Waals surface area contributed by atoms with Gasteiger partial charge in [0.15, 0.2) is 12.7 Å². The molecule has 2 aromatic rings. The molecule has 6 nitrogen and oxygen atoms in total. The molecule has 0 aliphatic carbocycles. The van der Waals surface area contributed by atoms with Crippen LogP contribution in [-0.4, -0.2) is 30.1 Å². The van der Waals surface area contributed by atoms with Gasteiger partial charge in [-0.3, -0.25) is 4.79 Å². The fourth-order valence-corrected chi connectivity index (χ4v) is 2.27. The van der Waals surface area contributed by atoms with Gasteiger partial charge >= 0.3 is 5.97 Å². The van der Waals surface area contributed by atoms with Crippen molar-refractivity contribution in [1.82, 2.24) is 5.32 Å². The van der Waals surface area contributed by atoms with Gasteiger partial charge in [0.25, 0.3) is 5.91 Å². The van der Waals surface area contributed by atoms with Crippen LogP contribution in [0.4, 0.5) is 0 Å². The van der Waals surface area contributed by atoms with E-state index >= 15 is 0 Å². The summed E-state index contributed by atoms with van der Waals surface area (Å²) in [6.07, 6.45) is -0.885. The minimum atomic E-state index is -0.885. The van der Waals surface area contributed by atoms with Crippen molar-refractivity contribution in [3.8, 4) is 11.5 Å². The first-order chi connectivity index (χ1) is 13.2. The monoisotopic (exact) mass is 385 g/mol. The number of rotatable bonds is 8. The van der Waals surface area contributed by atoms with Crippen molar-refractivity contribution >= 4 is 11.9 Å². The van der Waals surface area contributed by atoms with Crippen LogP contribution in [-0.2, 0) is 20.9 Å². The lowest BCUT2D eigenvalue weighted by atomic mass is 10.1. The third kappa shape index (κ3) is 7.70. The predicted octanol–water partition coefficient (Wildman–Crippen LogP) is 3.49. The van der Waals surface area contributed by atoms with E-state index in [1.54, 1.807) is 24.3 Å². The fourth-order valence-electron chi connectivity index (χ4n) is 2.27. The average Bonchev–Trinajstić information content (AvgIpc) is 2.65. The van der Waals surface area contributed by atoms with Crippen LogP contribution in [0.25, 0.3) is 0 Å². The van der Waals surface area contributed by atoms with Gasteiger partial charge < -0.3 is 19.5 Å². The zero-order chi connectivity index (χ0) is 20.6. The first-order valence-electron chi connectivity index (χ1n) is 9.14. The van der Waals surface area contributed by atoms with Gasteiger partial charge in [-0.2, -0.15) is 0 Å². The van der Waals surface area contributed by atoms with Crippen molar-refractivity contribution in [2.45, 2.75) is 45.9 Å². The third-order valence-electron chi connectivity index (χ3n) is 3.60. The Bertz CT molecular complexity index is 766. The number of hydrogen-bond donors (Lipinski definition) is 1. The highest BCUT2D eigenvalue weighted by atomic mass is 16.6. The largest absolute Gasteiger partial charge is 0.489 e. The standard InChI is InChI=1S/C22H27NO5/c1-16(21(25)23-22(2,3)4)28-20(24)15-27-19-12-10-18(11-13-19)26-14-17-8-6-5-7-9-17/h5-13,16H,14-15H2,1-4H3,(H,23,25)/t16-/m0/s1.